The summed E-state index contributed by atoms with van der Waals surface area (Å²) >= 11 is 0. The Bertz CT molecular complexity index is 346. The average molecular weight is 259 g/mol. The van der Waals surface area contributed by atoms with Gasteiger partial charge >= 0.3 is 0 Å². The number of aryl methyl sites for hydroxylation is 1. The lowest BCUT2D eigenvalue weighted by Gasteiger charge is -2.32. The van der Waals surface area contributed by atoms with Crippen LogP contribution in [0.5, 0.6) is 0 Å². The van der Waals surface area contributed by atoms with Crippen LogP contribution in [0.2, 0.25) is 0 Å². The third-order valence-electron chi connectivity index (χ3n) is 4.85. The van der Waals surface area contributed by atoms with Crippen LogP contribution in [-0.4, -0.2) is 6.04 Å². The van der Waals surface area contributed by atoms with Crippen molar-refractivity contribution in [1.29, 1.82) is 0 Å². The highest BCUT2D eigenvalue weighted by Crippen LogP contribution is 2.33. The molecule has 19 heavy (non-hydrogen) atoms. The lowest BCUT2D eigenvalue weighted by molar-refractivity contribution is 0.222. The molecule has 0 bridgehead atoms. The van der Waals surface area contributed by atoms with E-state index in [1.165, 1.54) is 56.9 Å². The van der Waals surface area contributed by atoms with Crippen molar-refractivity contribution in [3.8, 4) is 0 Å². The molecular formula is C18H29N. The van der Waals surface area contributed by atoms with Crippen LogP contribution in [-0.2, 0) is 6.42 Å². The predicted octanol–water partition coefficient (Wildman–Crippen LogP) is 4.55. The summed E-state index contributed by atoms with van der Waals surface area (Å²) in [7, 11) is 0. The second-order valence-corrected chi connectivity index (χ2v) is 6.24. The highest BCUT2D eigenvalue weighted by Gasteiger charge is 2.25. The molecule has 1 heteroatoms. The van der Waals surface area contributed by atoms with Gasteiger partial charge in [-0.05, 0) is 49.5 Å². The first-order valence-corrected chi connectivity index (χ1v) is 8.09. The molecule has 1 aliphatic rings. The molecule has 0 aliphatic heterocycles. The summed E-state index contributed by atoms with van der Waals surface area (Å²) in [5.41, 5.74) is 7.88. The maximum Gasteiger partial charge on any atom is 0.00673 e. The van der Waals surface area contributed by atoms with Crippen molar-refractivity contribution in [3.05, 3.63) is 35.9 Å². The van der Waals surface area contributed by atoms with E-state index in [0.717, 1.165) is 11.8 Å². The molecule has 2 rings (SSSR count). The van der Waals surface area contributed by atoms with E-state index < -0.39 is 0 Å². The highest BCUT2D eigenvalue weighted by molar-refractivity contribution is 5.14. The molecule has 1 aromatic rings. The van der Waals surface area contributed by atoms with Gasteiger partial charge in [0.05, 0.1) is 0 Å². The zero-order valence-electron chi connectivity index (χ0n) is 12.4. The van der Waals surface area contributed by atoms with E-state index >= 15 is 0 Å². The minimum atomic E-state index is 0.429. The molecule has 1 nitrogen and oxygen atoms in total. The monoisotopic (exact) mass is 259 g/mol. The van der Waals surface area contributed by atoms with E-state index in [-0.39, 0.29) is 0 Å². The van der Waals surface area contributed by atoms with Gasteiger partial charge in [-0.2, -0.15) is 0 Å². The van der Waals surface area contributed by atoms with E-state index in [2.05, 4.69) is 37.3 Å². The van der Waals surface area contributed by atoms with Gasteiger partial charge < -0.3 is 5.73 Å². The first-order chi connectivity index (χ1) is 9.29. The summed E-state index contributed by atoms with van der Waals surface area (Å²) in [4.78, 5) is 0. The zero-order valence-corrected chi connectivity index (χ0v) is 12.4. The fourth-order valence-electron chi connectivity index (χ4n) is 3.51. The molecule has 3 unspecified atom stereocenters. The SMILES string of the molecule is CCC1CCCC(C(N)CCCc2ccccc2)C1. The molecule has 106 valence electrons. The van der Waals surface area contributed by atoms with Gasteiger partial charge in [0.2, 0.25) is 0 Å². The number of hydrogen-bond acceptors (Lipinski definition) is 1. The molecule has 0 saturated heterocycles. The van der Waals surface area contributed by atoms with Crippen LogP contribution in [0.4, 0.5) is 0 Å². The average Bonchev–Trinajstić information content (AvgIpc) is 2.48. The van der Waals surface area contributed by atoms with Crippen LogP contribution in [0.25, 0.3) is 0 Å². The van der Waals surface area contributed by atoms with Gasteiger partial charge in [0.1, 0.15) is 0 Å². The van der Waals surface area contributed by atoms with Gasteiger partial charge in [-0.25, -0.2) is 0 Å². The number of nitrogens with two attached hydrogens (primary N) is 1. The van der Waals surface area contributed by atoms with E-state index in [1.807, 2.05) is 0 Å². The molecule has 1 aliphatic carbocycles. The van der Waals surface area contributed by atoms with Crippen LogP contribution in [0.3, 0.4) is 0 Å². The standard InChI is InChI=1S/C18H29N/c1-2-15-10-6-12-17(14-15)18(19)13-7-11-16-8-4-3-5-9-16/h3-5,8-9,15,17-18H,2,6-7,10-14,19H2,1H3. The Labute approximate surface area is 118 Å². The second kappa shape index (κ2) is 7.69. The highest BCUT2D eigenvalue weighted by atomic mass is 14.6. The fraction of sp³-hybridized carbons (Fsp3) is 0.667. The molecule has 1 aromatic carbocycles. The van der Waals surface area contributed by atoms with Crippen LogP contribution in [0.15, 0.2) is 30.3 Å². The summed E-state index contributed by atoms with van der Waals surface area (Å²) in [6.07, 6.45) is 10.5. The fourth-order valence-corrected chi connectivity index (χ4v) is 3.51. The predicted molar refractivity (Wildman–Crippen MR) is 83.1 cm³/mol. The summed E-state index contributed by atoms with van der Waals surface area (Å²) in [5, 5.41) is 0. The topological polar surface area (TPSA) is 26.0 Å². The summed E-state index contributed by atoms with van der Waals surface area (Å²) < 4.78 is 0. The van der Waals surface area contributed by atoms with Gasteiger partial charge in [0, 0.05) is 6.04 Å². The Morgan fingerprint density at radius 3 is 2.74 bits per heavy atom. The van der Waals surface area contributed by atoms with Crippen LogP contribution < -0.4 is 5.73 Å². The Morgan fingerprint density at radius 1 is 1.21 bits per heavy atom. The number of rotatable bonds is 6. The van der Waals surface area contributed by atoms with E-state index in [9.17, 15) is 0 Å². The zero-order chi connectivity index (χ0) is 13.5. The lowest BCUT2D eigenvalue weighted by Crippen LogP contribution is -2.33. The molecule has 1 fully saturated rings. The molecule has 0 radical (unpaired) electrons. The molecule has 0 spiro atoms. The minimum absolute atomic E-state index is 0.429. The van der Waals surface area contributed by atoms with Gasteiger partial charge in [0.15, 0.2) is 0 Å². The summed E-state index contributed by atoms with van der Waals surface area (Å²) in [6.45, 7) is 2.33. The molecule has 0 amide bonds. The maximum absolute atomic E-state index is 6.43. The smallest absolute Gasteiger partial charge is 0.00673 e. The van der Waals surface area contributed by atoms with E-state index in [0.29, 0.717) is 6.04 Å². The van der Waals surface area contributed by atoms with Gasteiger partial charge in [0.25, 0.3) is 0 Å². The van der Waals surface area contributed by atoms with Crippen molar-refractivity contribution in [2.75, 3.05) is 0 Å². The number of hydrogen-bond donors (Lipinski definition) is 1. The minimum Gasteiger partial charge on any atom is -0.327 e. The Balaban J connectivity index is 1.70. The quantitative estimate of drug-likeness (QED) is 0.796. The molecule has 2 N–H and O–H groups in total. The van der Waals surface area contributed by atoms with Crippen molar-refractivity contribution in [3.63, 3.8) is 0 Å². The molecular weight excluding hydrogens is 230 g/mol. The van der Waals surface area contributed by atoms with Crippen molar-refractivity contribution < 1.29 is 0 Å². The van der Waals surface area contributed by atoms with Gasteiger partial charge in [-0.3, -0.25) is 0 Å². The van der Waals surface area contributed by atoms with Crippen molar-refractivity contribution in [1.82, 2.24) is 0 Å². The van der Waals surface area contributed by atoms with Crippen molar-refractivity contribution in [2.24, 2.45) is 17.6 Å². The normalized spacial score (nSPS) is 25.2. The van der Waals surface area contributed by atoms with E-state index in [1.54, 1.807) is 0 Å². The van der Waals surface area contributed by atoms with Gasteiger partial charge in [-0.1, -0.05) is 56.5 Å². The van der Waals surface area contributed by atoms with Gasteiger partial charge in [-0.15, -0.1) is 0 Å². The molecule has 0 heterocycles. The Morgan fingerprint density at radius 2 is 2.00 bits per heavy atom. The van der Waals surface area contributed by atoms with E-state index in [4.69, 9.17) is 5.73 Å². The maximum atomic E-state index is 6.43. The summed E-state index contributed by atoms with van der Waals surface area (Å²) in [6, 6.07) is 11.2. The van der Waals surface area contributed by atoms with Crippen molar-refractivity contribution in [2.45, 2.75) is 64.3 Å². The van der Waals surface area contributed by atoms with Crippen LogP contribution in [0, 0.1) is 11.8 Å². The third-order valence-corrected chi connectivity index (χ3v) is 4.85. The largest absolute Gasteiger partial charge is 0.327 e. The molecule has 0 aromatic heterocycles. The Kier molecular flexibility index (Phi) is 5.91. The van der Waals surface area contributed by atoms with Crippen LogP contribution in [0.1, 0.15) is 57.4 Å². The van der Waals surface area contributed by atoms with Crippen molar-refractivity contribution >= 4 is 0 Å². The lowest BCUT2D eigenvalue weighted by atomic mass is 9.76. The number of benzene rings is 1. The second-order valence-electron chi connectivity index (χ2n) is 6.24. The third kappa shape index (κ3) is 4.65. The van der Waals surface area contributed by atoms with Crippen LogP contribution >= 0.6 is 0 Å². The summed E-state index contributed by atoms with van der Waals surface area (Å²) in [5.74, 6) is 1.73. The molecule has 3 atom stereocenters. The Hall–Kier alpha value is -0.820. The first-order valence-electron chi connectivity index (χ1n) is 8.09. The first kappa shape index (κ1) is 14.6. The molecule has 1 saturated carbocycles.